The quantitative estimate of drug-likeness (QED) is 0.324. The van der Waals surface area contributed by atoms with Crippen LogP contribution in [0.1, 0.15) is 57.5 Å². The van der Waals surface area contributed by atoms with Gasteiger partial charge in [-0.2, -0.15) is 10.2 Å². The monoisotopic (exact) mass is 476 g/mol. The fourth-order valence-electron chi connectivity index (χ4n) is 4.37. The number of rotatable bonds is 6. The fraction of sp³-hybridized carbons (Fsp3) is 0.250. The summed E-state index contributed by atoms with van der Waals surface area (Å²) in [6.07, 6.45) is 5.07. The average molecular weight is 477 g/mol. The molecule has 3 heterocycles. The molecule has 178 valence electrons. The van der Waals surface area contributed by atoms with Crippen molar-refractivity contribution in [3.05, 3.63) is 77.0 Å². The standard InChI is InChI=1S/C28H24N6O2/c29-18-20-11-13-22(14-12-20)31-28-30-19-21(25(32-28)33-15-6-7-16-33)8-2-1-5-17-34-26(35)23-9-3-4-10-24(23)27(34)36/h3-4,9-14,19H,1,5-7,15-17H2,(H,30,31,32). The van der Waals surface area contributed by atoms with E-state index in [0.29, 0.717) is 42.0 Å². The van der Waals surface area contributed by atoms with Crippen molar-refractivity contribution in [1.82, 2.24) is 14.9 Å². The van der Waals surface area contributed by atoms with Gasteiger partial charge < -0.3 is 10.2 Å². The van der Waals surface area contributed by atoms with Gasteiger partial charge in [0.2, 0.25) is 5.95 Å². The summed E-state index contributed by atoms with van der Waals surface area (Å²) in [5, 5.41) is 12.2. The van der Waals surface area contributed by atoms with Gasteiger partial charge in [-0.25, -0.2) is 4.98 Å². The van der Waals surface area contributed by atoms with Gasteiger partial charge in [0.25, 0.3) is 11.8 Å². The number of fused-ring (bicyclic) bond motifs is 1. The number of imide groups is 1. The number of hydrogen-bond acceptors (Lipinski definition) is 7. The summed E-state index contributed by atoms with van der Waals surface area (Å²) >= 11 is 0. The molecule has 2 amide bonds. The van der Waals surface area contributed by atoms with Gasteiger partial charge in [-0.1, -0.05) is 24.0 Å². The molecule has 0 aliphatic carbocycles. The van der Waals surface area contributed by atoms with E-state index in [9.17, 15) is 9.59 Å². The number of hydrogen-bond donors (Lipinski definition) is 1. The third-order valence-corrected chi connectivity index (χ3v) is 6.23. The Hall–Kier alpha value is -4.69. The highest BCUT2D eigenvalue weighted by molar-refractivity contribution is 6.21. The van der Waals surface area contributed by atoms with Crippen molar-refractivity contribution < 1.29 is 9.59 Å². The van der Waals surface area contributed by atoms with Gasteiger partial charge >= 0.3 is 0 Å². The van der Waals surface area contributed by atoms with Gasteiger partial charge in [0, 0.05) is 31.7 Å². The SMILES string of the molecule is N#Cc1ccc(Nc2ncc(C#CCCCN3C(=O)c4ccccc4C3=O)c(N3CCCC3)n2)cc1. The van der Waals surface area contributed by atoms with Crippen LogP contribution >= 0.6 is 0 Å². The third-order valence-electron chi connectivity index (χ3n) is 6.23. The number of aromatic nitrogens is 2. The van der Waals surface area contributed by atoms with E-state index < -0.39 is 0 Å². The molecular weight excluding hydrogens is 452 g/mol. The lowest BCUT2D eigenvalue weighted by atomic mass is 10.1. The number of benzene rings is 2. The predicted octanol–water partition coefficient (Wildman–Crippen LogP) is 4.12. The summed E-state index contributed by atoms with van der Waals surface area (Å²) in [7, 11) is 0. The minimum absolute atomic E-state index is 0.237. The molecule has 0 radical (unpaired) electrons. The first-order valence-electron chi connectivity index (χ1n) is 12.0. The summed E-state index contributed by atoms with van der Waals surface area (Å²) in [4.78, 5) is 37.7. The van der Waals surface area contributed by atoms with Crippen molar-refractivity contribution in [2.24, 2.45) is 0 Å². The Kier molecular flexibility index (Phi) is 6.59. The van der Waals surface area contributed by atoms with Gasteiger partial charge in [0.05, 0.1) is 34.5 Å². The summed E-state index contributed by atoms with van der Waals surface area (Å²) in [5.74, 6) is 7.15. The van der Waals surface area contributed by atoms with E-state index in [1.54, 1.807) is 42.6 Å². The van der Waals surface area contributed by atoms with Gasteiger partial charge in [0.1, 0.15) is 5.82 Å². The predicted molar refractivity (Wildman–Crippen MR) is 136 cm³/mol. The lowest BCUT2D eigenvalue weighted by Crippen LogP contribution is -2.30. The Morgan fingerprint density at radius 2 is 1.67 bits per heavy atom. The van der Waals surface area contributed by atoms with Crippen LogP contribution in [0.4, 0.5) is 17.5 Å². The first-order chi connectivity index (χ1) is 17.6. The second kappa shape index (κ2) is 10.3. The van der Waals surface area contributed by atoms with Crippen LogP contribution in [0.25, 0.3) is 0 Å². The molecule has 36 heavy (non-hydrogen) atoms. The van der Waals surface area contributed by atoms with Crippen LogP contribution in [0.15, 0.2) is 54.7 Å². The fourth-order valence-corrected chi connectivity index (χ4v) is 4.37. The molecule has 0 unspecified atom stereocenters. The molecule has 1 fully saturated rings. The summed E-state index contributed by atoms with van der Waals surface area (Å²) in [5.41, 5.74) is 3.08. The van der Waals surface area contributed by atoms with Crippen LogP contribution in [-0.4, -0.2) is 46.3 Å². The van der Waals surface area contributed by atoms with E-state index >= 15 is 0 Å². The lowest BCUT2D eigenvalue weighted by Gasteiger charge is -2.18. The largest absolute Gasteiger partial charge is 0.355 e. The smallest absolute Gasteiger partial charge is 0.261 e. The highest BCUT2D eigenvalue weighted by Gasteiger charge is 2.34. The third kappa shape index (κ3) is 4.75. The van der Waals surface area contributed by atoms with Gasteiger partial charge in [-0.05, 0) is 55.7 Å². The average Bonchev–Trinajstić information content (AvgIpc) is 3.53. The van der Waals surface area contributed by atoms with E-state index in [4.69, 9.17) is 10.2 Å². The molecule has 8 heteroatoms. The summed E-state index contributed by atoms with van der Waals surface area (Å²) < 4.78 is 0. The van der Waals surface area contributed by atoms with E-state index in [-0.39, 0.29) is 11.8 Å². The van der Waals surface area contributed by atoms with Crippen molar-refractivity contribution in [2.75, 3.05) is 29.9 Å². The second-order valence-electron chi connectivity index (χ2n) is 8.65. The summed E-state index contributed by atoms with van der Waals surface area (Å²) in [6, 6.07) is 16.1. The molecule has 0 saturated carbocycles. The molecule has 5 rings (SSSR count). The lowest BCUT2D eigenvalue weighted by molar-refractivity contribution is 0.0653. The number of nitrogens with zero attached hydrogens (tertiary/aromatic N) is 5. The van der Waals surface area contributed by atoms with E-state index in [0.717, 1.165) is 43.0 Å². The molecular formula is C28H24N6O2. The van der Waals surface area contributed by atoms with E-state index in [1.165, 1.54) is 4.90 Å². The topological polar surface area (TPSA) is 102 Å². The molecule has 2 aliphatic rings. The van der Waals surface area contributed by atoms with Gasteiger partial charge in [0.15, 0.2) is 0 Å². The zero-order valence-corrected chi connectivity index (χ0v) is 19.7. The van der Waals surface area contributed by atoms with Crippen molar-refractivity contribution in [3.63, 3.8) is 0 Å². The first kappa shape index (κ1) is 23.1. The zero-order valence-electron chi connectivity index (χ0n) is 19.7. The Balaban J connectivity index is 1.25. The van der Waals surface area contributed by atoms with Crippen molar-refractivity contribution >= 4 is 29.3 Å². The number of nitriles is 1. The Labute approximate surface area is 209 Å². The second-order valence-corrected chi connectivity index (χ2v) is 8.65. The highest BCUT2D eigenvalue weighted by atomic mass is 16.2. The highest BCUT2D eigenvalue weighted by Crippen LogP contribution is 2.25. The number of unbranched alkanes of at least 4 members (excludes halogenated alkanes) is 1. The molecule has 1 aromatic heterocycles. The number of anilines is 3. The maximum absolute atomic E-state index is 12.5. The van der Waals surface area contributed by atoms with Crippen LogP contribution in [0.2, 0.25) is 0 Å². The molecule has 1 N–H and O–H groups in total. The van der Waals surface area contributed by atoms with Gasteiger partial charge in [-0.15, -0.1) is 0 Å². The molecule has 0 spiro atoms. The minimum Gasteiger partial charge on any atom is -0.355 e. The van der Waals surface area contributed by atoms with Crippen molar-refractivity contribution in [1.29, 1.82) is 5.26 Å². The van der Waals surface area contributed by atoms with Gasteiger partial charge in [-0.3, -0.25) is 14.5 Å². The molecule has 0 bridgehead atoms. The number of amides is 2. The molecule has 1 saturated heterocycles. The molecule has 3 aromatic rings. The minimum atomic E-state index is -0.237. The van der Waals surface area contributed by atoms with E-state index in [2.05, 4.69) is 33.1 Å². The van der Waals surface area contributed by atoms with Crippen LogP contribution < -0.4 is 10.2 Å². The van der Waals surface area contributed by atoms with Crippen LogP contribution in [-0.2, 0) is 0 Å². The first-order valence-corrected chi connectivity index (χ1v) is 12.0. The normalized spacial score (nSPS) is 14.3. The summed E-state index contributed by atoms with van der Waals surface area (Å²) in [6.45, 7) is 2.17. The van der Waals surface area contributed by atoms with Crippen LogP contribution in [0, 0.1) is 23.2 Å². The number of carbonyl (C=O) groups excluding carboxylic acids is 2. The van der Waals surface area contributed by atoms with Crippen LogP contribution in [0.5, 0.6) is 0 Å². The molecule has 2 aromatic carbocycles. The van der Waals surface area contributed by atoms with Crippen LogP contribution in [0.3, 0.4) is 0 Å². The van der Waals surface area contributed by atoms with Crippen molar-refractivity contribution in [3.8, 4) is 17.9 Å². The number of carbonyl (C=O) groups is 2. The van der Waals surface area contributed by atoms with E-state index in [1.807, 2.05) is 12.1 Å². The Morgan fingerprint density at radius 1 is 0.972 bits per heavy atom. The Morgan fingerprint density at radius 3 is 2.33 bits per heavy atom. The molecule has 0 atom stereocenters. The van der Waals surface area contributed by atoms with Crippen molar-refractivity contribution in [2.45, 2.75) is 25.7 Å². The maximum atomic E-state index is 12.5. The number of nitrogens with one attached hydrogen (secondary N) is 1. The molecule has 8 nitrogen and oxygen atoms in total. The Bertz CT molecular complexity index is 1370. The zero-order chi connectivity index (χ0) is 24.9. The molecule has 2 aliphatic heterocycles. The maximum Gasteiger partial charge on any atom is 0.261 e.